The van der Waals surface area contributed by atoms with Crippen LogP contribution in [0.3, 0.4) is 0 Å². The van der Waals surface area contributed by atoms with Gasteiger partial charge in [-0.05, 0) is 77.8 Å². The molecule has 0 bridgehead atoms. The van der Waals surface area contributed by atoms with Gasteiger partial charge in [0, 0.05) is 41.0 Å². The molecule has 7 nitrogen and oxygen atoms in total. The molecule has 0 aliphatic heterocycles. The van der Waals surface area contributed by atoms with Gasteiger partial charge in [-0.25, -0.2) is 13.1 Å². The van der Waals surface area contributed by atoms with Gasteiger partial charge in [0.05, 0.1) is 16.1 Å². The van der Waals surface area contributed by atoms with Gasteiger partial charge in [0.25, 0.3) is 5.91 Å². The van der Waals surface area contributed by atoms with Crippen molar-refractivity contribution in [3.05, 3.63) is 53.7 Å². The van der Waals surface area contributed by atoms with E-state index < -0.39 is 21.2 Å². The molecule has 1 aliphatic carbocycles. The Hall–Kier alpha value is -2.68. The van der Waals surface area contributed by atoms with Crippen molar-refractivity contribution < 1.29 is 18.3 Å². The predicted octanol–water partition coefficient (Wildman–Crippen LogP) is 5.77. The Bertz CT molecular complexity index is 1450. The first-order valence-electron chi connectivity index (χ1n) is 13.9. The van der Waals surface area contributed by atoms with Crippen LogP contribution in [0.4, 0.5) is 0 Å². The monoisotopic (exact) mass is 553 g/mol. The fourth-order valence-electron chi connectivity index (χ4n) is 5.54. The molecule has 1 heterocycles. The van der Waals surface area contributed by atoms with Crippen LogP contribution in [0.15, 0.2) is 47.4 Å². The van der Waals surface area contributed by atoms with E-state index in [-0.39, 0.29) is 17.3 Å². The largest absolute Gasteiger partial charge is 0.389 e. The summed E-state index contributed by atoms with van der Waals surface area (Å²) in [5.74, 6) is 0.300. The molecule has 0 radical (unpaired) electrons. The molecule has 0 saturated heterocycles. The average molecular weight is 554 g/mol. The van der Waals surface area contributed by atoms with E-state index in [0.29, 0.717) is 16.9 Å². The molecule has 0 unspecified atom stereocenters. The van der Waals surface area contributed by atoms with Gasteiger partial charge in [0.1, 0.15) is 0 Å². The Morgan fingerprint density at radius 1 is 1.00 bits per heavy atom. The van der Waals surface area contributed by atoms with Gasteiger partial charge in [-0.2, -0.15) is 0 Å². The smallest absolute Gasteiger partial charge is 0.253 e. The number of carbonyl (C=O) groups is 1. The summed E-state index contributed by atoms with van der Waals surface area (Å²) in [6.45, 7) is 11.7. The summed E-state index contributed by atoms with van der Waals surface area (Å²) in [5, 5.41) is 14.5. The number of nitrogens with zero attached hydrogens (tertiary/aromatic N) is 1. The molecule has 212 valence electrons. The van der Waals surface area contributed by atoms with E-state index in [2.05, 4.69) is 14.6 Å². The van der Waals surface area contributed by atoms with E-state index in [9.17, 15) is 18.3 Å². The number of benzene rings is 2. The van der Waals surface area contributed by atoms with Crippen molar-refractivity contribution in [3.8, 4) is 11.3 Å². The maximum atomic E-state index is 13.3. The zero-order valence-electron chi connectivity index (χ0n) is 24.1. The summed E-state index contributed by atoms with van der Waals surface area (Å²) in [4.78, 5) is 13.5. The minimum absolute atomic E-state index is 0.144. The first kappa shape index (κ1) is 29.3. The highest BCUT2D eigenvalue weighted by Crippen LogP contribution is 2.37. The molecule has 4 rings (SSSR count). The van der Waals surface area contributed by atoms with Crippen LogP contribution >= 0.6 is 0 Å². The highest BCUT2D eigenvalue weighted by molar-refractivity contribution is 7.89. The van der Waals surface area contributed by atoms with Crippen molar-refractivity contribution in [2.75, 3.05) is 6.54 Å². The van der Waals surface area contributed by atoms with E-state index >= 15 is 0 Å². The number of hydrogen-bond donors (Lipinski definition) is 3. The second-order valence-electron chi connectivity index (χ2n) is 12.7. The number of rotatable bonds is 8. The first-order valence-corrected chi connectivity index (χ1v) is 15.4. The summed E-state index contributed by atoms with van der Waals surface area (Å²) in [6.07, 6.45) is 6.02. The Morgan fingerprint density at radius 2 is 1.64 bits per heavy atom. The molecule has 8 heteroatoms. The van der Waals surface area contributed by atoms with Crippen LogP contribution in [-0.4, -0.2) is 41.7 Å². The summed E-state index contributed by atoms with van der Waals surface area (Å²) in [7, 11) is -3.76. The average Bonchev–Trinajstić information content (AvgIpc) is 3.16. The van der Waals surface area contributed by atoms with Crippen LogP contribution in [0.1, 0.15) is 82.8 Å². The molecule has 1 amide bonds. The Morgan fingerprint density at radius 3 is 2.26 bits per heavy atom. The van der Waals surface area contributed by atoms with E-state index in [1.165, 1.54) is 19.3 Å². The lowest BCUT2D eigenvalue weighted by molar-refractivity contribution is 0.0694. The fraction of sp³-hybridized carbons (Fsp3) is 0.516. The third kappa shape index (κ3) is 6.91. The molecule has 1 fully saturated rings. The van der Waals surface area contributed by atoms with E-state index in [1.807, 2.05) is 64.1 Å². The van der Waals surface area contributed by atoms with E-state index in [4.69, 9.17) is 0 Å². The van der Waals surface area contributed by atoms with Crippen LogP contribution in [0.25, 0.3) is 22.0 Å². The molecule has 1 aromatic heterocycles. The first-order chi connectivity index (χ1) is 18.2. The lowest BCUT2D eigenvalue weighted by atomic mass is 9.89. The van der Waals surface area contributed by atoms with E-state index in [1.54, 1.807) is 19.9 Å². The van der Waals surface area contributed by atoms with Crippen molar-refractivity contribution in [1.82, 2.24) is 14.6 Å². The van der Waals surface area contributed by atoms with Gasteiger partial charge >= 0.3 is 0 Å². The lowest BCUT2D eigenvalue weighted by Gasteiger charge is -2.25. The fourth-order valence-corrected chi connectivity index (χ4v) is 7.17. The van der Waals surface area contributed by atoms with Gasteiger partial charge < -0.3 is 15.0 Å². The van der Waals surface area contributed by atoms with Crippen LogP contribution in [0, 0.1) is 12.8 Å². The molecular formula is C31H43N3O4S. The minimum atomic E-state index is -3.76. The molecular weight excluding hydrogens is 510 g/mol. The second kappa shape index (κ2) is 11.1. The van der Waals surface area contributed by atoms with Crippen LogP contribution in [0.2, 0.25) is 0 Å². The number of amides is 1. The van der Waals surface area contributed by atoms with Crippen LogP contribution < -0.4 is 10.0 Å². The summed E-state index contributed by atoms with van der Waals surface area (Å²) < 4.78 is 31.7. The minimum Gasteiger partial charge on any atom is -0.389 e. The molecule has 0 spiro atoms. The number of hydrogen-bond acceptors (Lipinski definition) is 4. The van der Waals surface area contributed by atoms with E-state index in [0.717, 1.165) is 41.7 Å². The number of sulfonamides is 1. The topological polar surface area (TPSA) is 100 Å². The van der Waals surface area contributed by atoms with Crippen molar-refractivity contribution in [2.24, 2.45) is 5.92 Å². The zero-order chi connectivity index (χ0) is 28.6. The SMILES string of the molecule is Cc1c(C(=O)NCC(C)(C)O)cc(-c2ccc(S(=O)(=O)NC(C)(C)C)c3ccccc23)n1CC1CCCCC1. The number of carbonyl (C=O) groups excluding carboxylic acids is 1. The van der Waals surface area contributed by atoms with Crippen LogP contribution in [-0.2, 0) is 16.6 Å². The van der Waals surface area contributed by atoms with Gasteiger partial charge in [-0.3, -0.25) is 4.79 Å². The standard InChI is InChI=1S/C31H43N3O4S/c1-21-26(29(35)32-20-31(5,6)36)18-27(34(21)19-22-12-8-7-9-13-22)24-16-17-28(25-15-11-10-14-23(24)25)39(37,38)33-30(2,3)4/h10-11,14-18,22,33,36H,7-9,12-13,19-20H2,1-6H3,(H,32,35). The third-order valence-corrected chi connectivity index (χ3v) is 9.16. The predicted molar refractivity (Wildman–Crippen MR) is 157 cm³/mol. The van der Waals surface area contributed by atoms with Crippen molar-refractivity contribution in [2.45, 2.75) is 96.2 Å². The highest BCUT2D eigenvalue weighted by atomic mass is 32.2. The quantitative estimate of drug-likeness (QED) is 0.329. The lowest BCUT2D eigenvalue weighted by Crippen LogP contribution is -2.40. The van der Waals surface area contributed by atoms with Crippen molar-refractivity contribution in [3.63, 3.8) is 0 Å². The molecule has 0 atom stereocenters. The van der Waals surface area contributed by atoms with Gasteiger partial charge in [0.2, 0.25) is 10.0 Å². The highest BCUT2D eigenvalue weighted by Gasteiger charge is 2.27. The molecule has 2 aromatic carbocycles. The summed E-state index contributed by atoms with van der Waals surface area (Å²) >= 11 is 0. The van der Waals surface area contributed by atoms with Gasteiger partial charge in [0.15, 0.2) is 0 Å². The van der Waals surface area contributed by atoms with Crippen molar-refractivity contribution >= 4 is 26.7 Å². The molecule has 1 saturated carbocycles. The van der Waals surface area contributed by atoms with Crippen LogP contribution in [0.5, 0.6) is 0 Å². The second-order valence-corrected chi connectivity index (χ2v) is 14.3. The summed E-state index contributed by atoms with van der Waals surface area (Å²) in [5.41, 5.74) is 1.60. The normalized spacial score (nSPS) is 15.6. The molecule has 39 heavy (non-hydrogen) atoms. The zero-order valence-corrected chi connectivity index (χ0v) is 24.9. The number of aromatic nitrogens is 1. The third-order valence-electron chi connectivity index (χ3n) is 7.35. The Kier molecular flexibility index (Phi) is 8.31. The number of fused-ring (bicyclic) bond motifs is 1. The maximum Gasteiger partial charge on any atom is 0.253 e. The number of aliphatic hydroxyl groups is 1. The maximum absolute atomic E-state index is 13.3. The Labute approximate surface area is 233 Å². The molecule has 3 N–H and O–H groups in total. The van der Waals surface area contributed by atoms with Gasteiger partial charge in [-0.1, -0.05) is 49.6 Å². The number of nitrogens with one attached hydrogen (secondary N) is 2. The Balaban J connectivity index is 1.86. The van der Waals surface area contributed by atoms with Gasteiger partial charge in [-0.15, -0.1) is 0 Å². The summed E-state index contributed by atoms with van der Waals surface area (Å²) in [6, 6.07) is 13.0. The van der Waals surface area contributed by atoms with Crippen molar-refractivity contribution in [1.29, 1.82) is 0 Å². The molecule has 3 aromatic rings. The molecule has 1 aliphatic rings.